The SMILES string of the molecule is C=CNCCC(CCCC1CCN(c2ccc(NNC)c(F)c2)CC1)n1cc(-c2cc3c(cc2C(F)F)N(C(=N)/C(CC)=C(/CCNC=O)NC2CCOCC2)CCC3)c2cnccc21. The Morgan fingerprint density at radius 2 is 1.85 bits per heavy atom. The summed E-state index contributed by atoms with van der Waals surface area (Å²) in [5.74, 6) is 0.586. The number of anilines is 3. The number of hydrazine groups is 1. The van der Waals surface area contributed by atoms with Crippen LogP contribution in [-0.4, -0.2) is 80.8 Å². The van der Waals surface area contributed by atoms with Crippen molar-refractivity contribution < 1.29 is 22.7 Å². The van der Waals surface area contributed by atoms with Gasteiger partial charge in [-0.15, -0.1) is 0 Å². The molecule has 350 valence electrons. The number of carbonyl (C=O) groups is 1. The van der Waals surface area contributed by atoms with Crippen LogP contribution in [0.1, 0.15) is 101 Å². The highest BCUT2D eigenvalue weighted by atomic mass is 19.3. The summed E-state index contributed by atoms with van der Waals surface area (Å²) in [4.78, 5) is 19.8. The fraction of sp³-hybridized carbons (Fsp3) is 0.500. The number of ether oxygens (including phenoxy) is 1. The van der Waals surface area contributed by atoms with Gasteiger partial charge < -0.3 is 40.5 Å². The van der Waals surface area contributed by atoms with Crippen LogP contribution in [0.4, 0.5) is 30.2 Å². The smallest absolute Gasteiger partial charge is 0.264 e. The third kappa shape index (κ3) is 11.5. The standard InChI is InChI=1S/C50H67F3N10O2/c1-4-39(45(14-21-58-33-64)59-36-18-26-65-27-19-36)50(54)62-23-7-9-35-28-40(41(49(52)53)30-48(35)62)43-32-63(47-15-22-57-31-42(43)47)37(13-20-56-5-2)10-6-8-34-16-24-61(25-17-34)38-11-12-46(60-55-3)44(51)29-38/h5,11-12,15,22,28-34,36-37,49,54-56,59-60H,2,4,6-10,13-14,16-21,23-27H2,1,3H3,(H,58,64)/b45-39-,54-50?. The molecule has 3 aliphatic rings. The molecule has 65 heavy (non-hydrogen) atoms. The van der Waals surface area contributed by atoms with Crippen LogP contribution in [0.15, 0.2) is 79.0 Å². The summed E-state index contributed by atoms with van der Waals surface area (Å²) < 4.78 is 53.5. The van der Waals surface area contributed by atoms with E-state index in [-0.39, 0.29) is 23.5 Å². The van der Waals surface area contributed by atoms with Gasteiger partial charge in [0.1, 0.15) is 11.7 Å². The van der Waals surface area contributed by atoms with Crippen LogP contribution in [-0.2, 0) is 16.0 Å². The predicted octanol–water partition coefficient (Wildman–Crippen LogP) is 9.38. The Balaban J connectivity index is 1.13. The van der Waals surface area contributed by atoms with Crippen LogP contribution in [0.3, 0.4) is 0 Å². The number of hydrogen-bond donors (Lipinski definition) is 6. The van der Waals surface area contributed by atoms with Gasteiger partial charge in [0.2, 0.25) is 6.41 Å². The number of piperidine rings is 1. The number of aromatic nitrogens is 2. The summed E-state index contributed by atoms with van der Waals surface area (Å²) in [7, 11) is 1.71. The van der Waals surface area contributed by atoms with E-state index < -0.39 is 6.43 Å². The Morgan fingerprint density at radius 1 is 1.03 bits per heavy atom. The lowest BCUT2D eigenvalue weighted by molar-refractivity contribution is -0.109. The number of carbonyl (C=O) groups excluding carboxylic acids is 1. The minimum Gasteiger partial charge on any atom is -0.391 e. The normalized spacial score (nSPS) is 16.8. The number of amides is 1. The van der Waals surface area contributed by atoms with Crippen LogP contribution >= 0.6 is 0 Å². The highest BCUT2D eigenvalue weighted by Gasteiger charge is 2.30. The molecule has 5 heterocycles. The van der Waals surface area contributed by atoms with E-state index in [1.54, 1.807) is 43.8 Å². The molecule has 0 spiro atoms. The van der Waals surface area contributed by atoms with Crippen molar-refractivity contribution in [1.29, 1.82) is 5.41 Å². The summed E-state index contributed by atoms with van der Waals surface area (Å²) >= 11 is 0. The van der Waals surface area contributed by atoms with Crippen LogP contribution in [0.2, 0.25) is 0 Å². The molecule has 6 N–H and O–H groups in total. The Bertz CT molecular complexity index is 2270. The molecule has 12 nitrogen and oxygen atoms in total. The van der Waals surface area contributed by atoms with Gasteiger partial charge in [-0.25, -0.2) is 18.6 Å². The first-order valence-electron chi connectivity index (χ1n) is 23.6. The van der Waals surface area contributed by atoms with Crippen LogP contribution in [0.5, 0.6) is 0 Å². The molecule has 15 heteroatoms. The van der Waals surface area contributed by atoms with Gasteiger partial charge in [-0.05, 0) is 117 Å². The van der Waals surface area contributed by atoms with Gasteiger partial charge >= 0.3 is 0 Å². The fourth-order valence-electron chi connectivity index (χ4n) is 10.1. The summed E-state index contributed by atoms with van der Waals surface area (Å²) in [6.45, 7) is 10.7. The van der Waals surface area contributed by atoms with Crippen LogP contribution in [0.25, 0.3) is 22.0 Å². The van der Waals surface area contributed by atoms with Crippen molar-refractivity contribution in [2.45, 2.75) is 102 Å². The fourth-order valence-corrected chi connectivity index (χ4v) is 10.1. The van der Waals surface area contributed by atoms with Crippen molar-refractivity contribution >= 4 is 40.2 Å². The highest BCUT2D eigenvalue weighted by Crippen LogP contribution is 2.43. The van der Waals surface area contributed by atoms with E-state index in [0.717, 1.165) is 116 Å². The zero-order chi connectivity index (χ0) is 45.7. The van der Waals surface area contributed by atoms with Crippen molar-refractivity contribution in [1.82, 2.24) is 30.9 Å². The molecule has 0 saturated carbocycles. The van der Waals surface area contributed by atoms with E-state index in [9.17, 15) is 14.6 Å². The average molecular weight is 897 g/mol. The number of aryl methyl sites for hydroxylation is 1. The first kappa shape index (κ1) is 47.4. The molecule has 0 radical (unpaired) electrons. The monoisotopic (exact) mass is 897 g/mol. The Hall–Kier alpha value is -5.54. The summed E-state index contributed by atoms with van der Waals surface area (Å²) in [6.07, 6.45) is 15.5. The molecular weight excluding hydrogens is 830 g/mol. The molecule has 2 aromatic heterocycles. The molecule has 1 amide bonds. The number of alkyl halides is 2. The quantitative estimate of drug-likeness (QED) is 0.0150. The number of hydrogen-bond acceptors (Lipinski definition) is 9. The van der Waals surface area contributed by atoms with Crippen LogP contribution in [0, 0.1) is 17.1 Å². The summed E-state index contributed by atoms with van der Waals surface area (Å²) in [6, 6.07) is 11.2. The second-order valence-corrected chi connectivity index (χ2v) is 17.5. The maximum Gasteiger partial charge on any atom is 0.264 e. The molecule has 7 rings (SSSR count). The van der Waals surface area contributed by atoms with Crippen molar-refractivity contribution in [2.75, 3.05) is 68.2 Å². The number of fused-ring (bicyclic) bond motifs is 2. The molecule has 2 saturated heterocycles. The van der Waals surface area contributed by atoms with E-state index in [4.69, 9.17) is 4.74 Å². The lowest BCUT2D eigenvalue weighted by atomic mass is 9.90. The third-order valence-electron chi connectivity index (χ3n) is 13.5. The zero-order valence-corrected chi connectivity index (χ0v) is 38.0. The first-order chi connectivity index (χ1) is 31.7. The molecular formula is C50H67F3N10O2. The number of nitrogens with zero attached hydrogens (tertiary/aromatic N) is 4. The van der Waals surface area contributed by atoms with Gasteiger partial charge in [-0.2, -0.15) is 0 Å². The van der Waals surface area contributed by atoms with Crippen molar-refractivity contribution in [3.63, 3.8) is 0 Å². The molecule has 2 fully saturated rings. The molecule has 1 unspecified atom stereocenters. The lowest BCUT2D eigenvalue weighted by Crippen LogP contribution is -2.40. The second kappa shape index (κ2) is 23.1. The topological polar surface area (TPSA) is 135 Å². The Morgan fingerprint density at radius 3 is 2.57 bits per heavy atom. The number of pyridine rings is 1. The largest absolute Gasteiger partial charge is 0.391 e. The molecule has 0 bridgehead atoms. The molecule has 3 aliphatic heterocycles. The number of nitrogens with one attached hydrogen (secondary N) is 6. The highest BCUT2D eigenvalue weighted by molar-refractivity contribution is 6.09. The number of amidine groups is 1. The second-order valence-electron chi connectivity index (χ2n) is 17.5. The van der Waals surface area contributed by atoms with Gasteiger partial charge in [-0.1, -0.05) is 26.3 Å². The molecule has 4 aromatic rings. The molecule has 0 aliphatic carbocycles. The third-order valence-corrected chi connectivity index (χ3v) is 13.5. The molecule has 2 aromatic carbocycles. The van der Waals surface area contributed by atoms with E-state index in [2.05, 4.69) is 54.0 Å². The van der Waals surface area contributed by atoms with Gasteiger partial charge in [-0.3, -0.25) is 15.2 Å². The van der Waals surface area contributed by atoms with Gasteiger partial charge in [0.15, 0.2) is 0 Å². The maximum atomic E-state index is 15.5. The van der Waals surface area contributed by atoms with Crippen molar-refractivity contribution in [2.24, 2.45) is 5.92 Å². The van der Waals surface area contributed by atoms with E-state index in [0.29, 0.717) is 80.7 Å². The van der Waals surface area contributed by atoms with Crippen molar-refractivity contribution in [3.05, 3.63) is 96.0 Å². The summed E-state index contributed by atoms with van der Waals surface area (Å²) in [5.41, 5.74) is 12.4. The van der Waals surface area contributed by atoms with E-state index in [1.807, 2.05) is 30.0 Å². The first-order valence-corrected chi connectivity index (χ1v) is 23.6. The van der Waals surface area contributed by atoms with Gasteiger partial charge in [0.05, 0.1) is 11.2 Å². The number of benzene rings is 2. The maximum absolute atomic E-state index is 15.5. The minimum atomic E-state index is -2.75. The number of rotatable bonds is 22. The number of halogens is 3. The van der Waals surface area contributed by atoms with Crippen molar-refractivity contribution in [3.8, 4) is 11.1 Å². The Kier molecular flexibility index (Phi) is 16.8. The van der Waals surface area contributed by atoms with Crippen LogP contribution < -0.4 is 36.6 Å². The van der Waals surface area contributed by atoms with Gasteiger partial charge in [0, 0.05) is 129 Å². The predicted molar refractivity (Wildman–Crippen MR) is 256 cm³/mol. The van der Waals surface area contributed by atoms with Gasteiger partial charge in [0.25, 0.3) is 6.43 Å². The summed E-state index contributed by atoms with van der Waals surface area (Å²) in [5, 5.41) is 20.2. The average Bonchev–Trinajstić information content (AvgIpc) is 3.71. The zero-order valence-electron chi connectivity index (χ0n) is 38.0. The molecule has 1 atom stereocenters. The lowest BCUT2D eigenvalue weighted by Gasteiger charge is -2.35. The minimum absolute atomic E-state index is 0.0614. The Labute approximate surface area is 381 Å². The van der Waals surface area contributed by atoms with E-state index >= 15 is 8.78 Å². The van der Waals surface area contributed by atoms with E-state index in [1.165, 1.54) is 0 Å².